The average Bonchev–Trinajstić information content (AvgIpc) is 2.53. The molecule has 0 aromatic heterocycles. The lowest BCUT2D eigenvalue weighted by Crippen LogP contribution is -2.33. The second-order valence-corrected chi connectivity index (χ2v) is 4.55. The van der Waals surface area contributed by atoms with Crippen LogP contribution in [0.3, 0.4) is 0 Å². The number of imide groups is 1. The molecule has 0 unspecified atom stereocenters. The molecule has 0 heterocycles. The van der Waals surface area contributed by atoms with Crippen LogP contribution in [0, 0.1) is 0 Å². The molecule has 0 atom stereocenters. The highest BCUT2D eigenvalue weighted by molar-refractivity contribution is 6.10. The lowest BCUT2D eigenvalue weighted by Gasteiger charge is -2.17. The number of hydrogen-bond acceptors (Lipinski definition) is 2. The van der Waals surface area contributed by atoms with Gasteiger partial charge >= 0.3 is 0 Å². The summed E-state index contributed by atoms with van der Waals surface area (Å²) in [5.41, 5.74) is 2.05. The number of rotatable bonds is 3. The Morgan fingerprint density at radius 2 is 1.50 bits per heavy atom. The van der Waals surface area contributed by atoms with Crippen LogP contribution in [0.15, 0.2) is 54.6 Å². The van der Waals surface area contributed by atoms with Crippen molar-refractivity contribution in [1.29, 1.82) is 0 Å². The summed E-state index contributed by atoms with van der Waals surface area (Å²) in [6, 6.07) is 16.2. The van der Waals surface area contributed by atoms with Crippen molar-refractivity contribution in [3.05, 3.63) is 71.3 Å². The van der Waals surface area contributed by atoms with Crippen LogP contribution in [0.4, 0.5) is 0 Å². The monoisotopic (exact) mass is 267 g/mol. The average molecular weight is 267 g/mol. The third-order valence-corrected chi connectivity index (χ3v) is 3.26. The molecular weight excluding hydrogens is 250 g/mol. The number of carbonyl (C=O) groups excluding carboxylic acids is 2. The van der Waals surface area contributed by atoms with Gasteiger partial charge in [-0.1, -0.05) is 43.3 Å². The number of aryl methyl sites for hydroxylation is 1. The Morgan fingerprint density at radius 1 is 0.900 bits per heavy atom. The summed E-state index contributed by atoms with van der Waals surface area (Å²) >= 11 is 0. The van der Waals surface area contributed by atoms with E-state index in [1.807, 2.05) is 31.2 Å². The molecule has 20 heavy (non-hydrogen) atoms. The number of hydrogen-bond donors (Lipinski definition) is 0. The van der Waals surface area contributed by atoms with E-state index in [1.165, 1.54) is 11.9 Å². The van der Waals surface area contributed by atoms with Crippen molar-refractivity contribution < 1.29 is 9.59 Å². The predicted molar refractivity (Wildman–Crippen MR) is 78.7 cm³/mol. The van der Waals surface area contributed by atoms with Crippen LogP contribution < -0.4 is 0 Å². The van der Waals surface area contributed by atoms with Gasteiger partial charge in [-0.05, 0) is 30.2 Å². The maximum atomic E-state index is 12.4. The summed E-state index contributed by atoms with van der Waals surface area (Å²) in [4.78, 5) is 25.9. The minimum atomic E-state index is -0.290. The molecule has 2 aromatic rings. The fourth-order valence-electron chi connectivity index (χ4n) is 2.08. The summed E-state index contributed by atoms with van der Waals surface area (Å²) in [5, 5.41) is 0. The smallest absolute Gasteiger partial charge is 0.260 e. The molecule has 3 nitrogen and oxygen atoms in total. The Balaban J connectivity index is 2.27. The molecular formula is C17H17NO2. The molecule has 0 bridgehead atoms. The number of carbonyl (C=O) groups is 2. The summed E-state index contributed by atoms with van der Waals surface area (Å²) < 4.78 is 0. The van der Waals surface area contributed by atoms with E-state index in [0.717, 1.165) is 12.0 Å². The van der Waals surface area contributed by atoms with Crippen molar-refractivity contribution in [3.8, 4) is 0 Å². The molecule has 2 amide bonds. The Hall–Kier alpha value is -2.42. The molecule has 3 heteroatoms. The zero-order chi connectivity index (χ0) is 14.5. The molecule has 0 saturated heterocycles. The van der Waals surface area contributed by atoms with Crippen LogP contribution in [0.5, 0.6) is 0 Å². The van der Waals surface area contributed by atoms with Gasteiger partial charge < -0.3 is 0 Å². The third-order valence-electron chi connectivity index (χ3n) is 3.26. The maximum Gasteiger partial charge on any atom is 0.260 e. The number of amides is 2. The van der Waals surface area contributed by atoms with Crippen LogP contribution >= 0.6 is 0 Å². The lowest BCUT2D eigenvalue weighted by atomic mass is 10.0. The molecule has 0 saturated carbocycles. The Kier molecular flexibility index (Phi) is 4.31. The van der Waals surface area contributed by atoms with Gasteiger partial charge in [0, 0.05) is 18.2 Å². The number of benzene rings is 2. The highest BCUT2D eigenvalue weighted by atomic mass is 16.2. The van der Waals surface area contributed by atoms with Crippen molar-refractivity contribution >= 4 is 11.8 Å². The summed E-state index contributed by atoms with van der Waals surface area (Å²) in [6.07, 6.45) is 0.759. The van der Waals surface area contributed by atoms with E-state index in [4.69, 9.17) is 0 Å². The molecule has 0 fully saturated rings. The van der Waals surface area contributed by atoms with E-state index in [0.29, 0.717) is 11.1 Å². The van der Waals surface area contributed by atoms with Crippen LogP contribution in [0.1, 0.15) is 33.2 Å². The topological polar surface area (TPSA) is 37.4 Å². The SMILES string of the molecule is CCc1ccccc1C(=O)N(C)C(=O)c1ccccc1. The summed E-state index contributed by atoms with van der Waals surface area (Å²) in [6.45, 7) is 1.99. The molecule has 2 aromatic carbocycles. The van der Waals surface area contributed by atoms with Gasteiger partial charge in [0.15, 0.2) is 0 Å². The quantitative estimate of drug-likeness (QED) is 0.801. The molecule has 0 radical (unpaired) electrons. The van der Waals surface area contributed by atoms with Gasteiger partial charge in [-0.25, -0.2) is 0 Å². The van der Waals surface area contributed by atoms with E-state index in [-0.39, 0.29) is 11.8 Å². The van der Waals surface area contributed by atoms with Gasteiger partial charge in [-0.2, -0.15) is 0 Å². The Bertz CT molecular complexity index is 620. The lowest BCUT2D eigenvalue weighted by molar-refractivity contribution is 0.0655. The van der Waals surface area contributed by atoms with E-state index >= 15 is 0 Å². The zero-order valence-corrected chi connectivity index (χ0v) is 11.7. The van der Waals surface area contributed by atoms with Gasteiger partial charge in [0.05, 0.1) is 0 Å². The molecule has 0 aliphatic heterocycles. The second kappa shape index (κ2) is 6.15. The second-order valence-electron chi connectivity index (χ2n) is 4.55. The van der Waals surface area contributed by atoms with Gasteiger partial charge in [0.1, 0.15) is 0 Å². The fraction of sp³-hybridized carbons (Fsp3) is 0.176. The van der Waals surface area contributed by atoms with Gasteiger partial charge in [-0.15, -0.1) is 0 Å². The third kappa shape index (κ3) is 2.77. The summed E-state index contributed by atoms with van der Waals surface area (Å²) in [7, 11) is 1.52. The highest BCUT2D eigenvalue weighted by Gasteiger charge is 2.21. The Morgan fingerprint density at radius 3 is 2.15 bits per heavy atom. The van der Waals surface area contributed by atoms with Crippen LogP contribution in [0.25, 0.3) is 0 Å². The fourth-order valence-corrected chi connectivity index (χ4v) is 2.08. The molecule has 0 aliphatic rings. The predicted octanol–water partition coefficient (Wildman–Crippen LogP) is 3.16. The van der Waals surface area contributed by atoms with E-state index in [9.17, 15) is 9.59 Å². The molecule has 0 spiro atoms. The van der Waals surface area contributed by atoms with Gasteiger partial charge in [0.25, 0.3) is 11.8 Å². The Labute approximate surface area is 118 Å². The van der Waals surface area contributed by atoms with Crippen molar-refractivity contribution in [1.82, 2.24) is 4.90 Å². The molecule has 0 N–H and O–H groups in total. The minimum Gasteiger partial charge on any atom is -0.278 e. The van der Waals surface area contributed by atoms with Crippen molar-refractivity contribution in [2.24, 2.45) is 0 Å². The largest absolute Gasteiger partial charge is 0.278 e. The first-order chi connectivity index (χ1) is 9.65. The van der Waals surface area contributed by atoms with Gasteiger partial charge in [-0.3, -0.25) is 14.5 Å². The van der Waals surface area contributed by atoms with E-state index in [2.05, 4.69) is 0 Å². The van der Waals surface area contributed by atoms with Crippen molar-refractivity contribution in [2.75, 3.05) is 7.05 Å². The first-order valence-corrected chi connectivity index (χ1v) is 6.60. The first-order valence-electron chi connectivity index (χ1n) is 6.60. The zero-order valence-electron chi connectivity index (χ0n) is 11.7. The normalized spacial score (nSPS) is 10.1. The summed E-state index contributed by atoms with van der Waals surface area (Å²) in [5.74, 6) is -0.558. The molecule has 2 rings (SSSR count). The molecule has 0 aliphatic carbocycles. The van der Waals surface area contributed by atoms with E-state index < -0.39 is 0 Å². The standard InChI is InChI=1S/C17H17NO2/c1-3-13-9-7-8-12-15(13)17(20)18(2)16(19)14-10-5-4-6-11-14/h4-12H,3H2,1-2H3. The first kappa shape index (κ1) is 14.0. The van der Waals surface area contributed by atoms with Gasteiger partial charge in [0.2, 0.25) is 0 Å². The van der Waals surface area contributed by atoms with Crippen molar-refractivity contribution in [3.63, 3.8) is 0 Å². The molecule has 102 valence electrons. The van der Waals surface area contributed by atoms with Crippen LogP contribution in [0.2, 0.25) is 0 Å². The van der Waals surface area contributed by atoms with Crippen LogP contribution in [-0.4, -0.2) is 23.8 Å². The maximum absolute atomic E-state index is 12.4. The van der Waals surface area contributed by atoms with Crippen molar-refractivity contribution in [2.45, 2.75) is 13.3 Å². The minimum absolute atomic E-state index is 0.267. The van der Waals surface area contributed by atoms with E-state index in [1.54, 1.807) is 30.3 Å². The number of nitrogens with zero attached hydrogens (tertiary/aromatic N) is 1. The highest BCUT2D eigenvalue weighted by Crippen LogP contribution is 2.13. The van der Waals surface area contributed by atoms with Crippen LogP contribution in [-0.2, 0) is 6.42 Å².